The molecule has 0 aliphatic rings. The maximum atomic E-state index is 12.6. The molecule has 1 aromatic carbocycles. The lowest BCUT2D eigenvalue weighted by molar-refractivity contribution is -0.139. The van der Waals surface area contributed by atoms with Crippen LogP contribution in [0.25, 0.3) is 0 Å². The summed E-state index contributed by atoms with van der Waals surface area (Å²) in [7, 11) is 0. The summed E-state index contributed by atoms with van der Waals surface area (Å²) in [5.41, 5.74) is -1.64. The van der Waals surface area contributed by atoms with Crippen molar-refractivity contribution in [2.75, 3.05) is 0 Å². The number of hydrogen-bond donors (Lipinski definition) is 0. The molecule has 13 heavy (non-hydrogen) atoms. The molecule has 0 aromatic heterocycles. The summed E-state index contributed by atoms with van der Waals surface area (Å²) >= 11 is 5.02. The lowest BCUT2D eigenvalue weighted by Crippen LogP contribution is -2.09. The molecule has 0 atom stereocenters. The van der Waals surface area contributed by atoms with Gasteiger partial charge in [-0.3, -0.25) is 0 Å². The van der Waals surface area contributed by atoms with Crippen molar-refractivity contribution < 1.29 is 22.0 Å². The van der Waals surface area contributed by atoms with Crippen LogP contribution in [-0.2, 0) is 6.18 Å². The van der Waals surface area contributed by atoms with Gasteiger partial charge in [-0.25, -0.2) is 8.78 Å². The smallest absolute Gasteiger partial charge is 0.207 e. The fourth-order valence-corrected chi connectivity index (χ4v) is 1.11. The van der Waals surface area contributed by atoms with Crippen LogP contribution in [0, 0.1) is 11.6 Å². The molecule has 1 rings (SSSR count). The molecule has 0 fully saturated rings. The maximum absolute atomic E-state index is 12.6. The largest absolute Gasteiger partial charge is 0.420 e. The third kappa shape index (κ3) is 2.09. The van der Waals surface area contributed by atoms with Crippen molar-refractivity contribution in [3.63, 3.8) is 0 Å². The predicted octanol–water partition coefficient (Wildman–Crippen LogP) is 3.64. The molecule has 0 aliphatic heterocycles. The average molecular weight is 217 g/mol. The Balaban J connectivity index is 3.38. The Morgan fingerprint density at radius 2 is 1.62 bits per heavy atom. The van der Waals surface area contributed by atoms with Crippen molar-refractivity contribution in [1.82, 2.24) is 0 Å². The first-order chi connectivity index (χ1) is 5.82. The van der Waals surface area contributed by atoms with Gasteiger partial charge in [-0.2, -0.15) is 13.2 Å². The van der Waals surface area contributed by atoms with Crippen LogP contribution in [0.4, 0.5) is 22.0 Å². The van der Waals surface area contributed by atoms with E-state index in [-0.39, 0.29) is 6.07 Å². The molecule has 0 unspecified atom stereocenters. The summed E-state index contributed by atoms with van der Waals surface area (Å²) in [6.45, 7) is 0. The highest BCUT2D eigenvalue weighted by Gasteiger charge is 2.37. The van der Waals surface area contributed by atoms with Gasteiger partial charge in [-0.05, 0) is 6.07 Å². The normalized spacial score (nSPS) is 11.8. The van der Waals surface area contributed by atoms with E-state index in [4.69, 9.17) is 11.6 Å². The van der Waals surface area contributed by atoms with Crippen LogP contribution < -0.4 is 0 Å². The summed E-state index contributed by atoms with van der Waals surface area (Å²) in [5, 5.41) is -0.981. The molecule has 0 nitrogen and oxygen atoms in total. The highest BCUT2D eigenvalue weighted by atomic mass is 35.5. The molecule has 6 heteroatoms. The van der Waals surface area contributed by atoms with Crippen molar-refractivity contribution in [2.24, 2.45) is 0 Å². The Labute approximate surface area is 74.9 Å². The molecule has 0 N–H and O–H groups in total. The number of hydrogen-bond acceptors (Lipinski definition) is 0. The molecule has 0 amide bonds. The highest BCUT2D eigenvalue weighted by molar-refractivity contribution is 6.31. The number of halogens is 6. The van der Waals surface area contributed by atoms with Gasteiger partial charge >= 0.3 is 6.18 Å². The van der Waals surface area contributed by atoms with Crippen molar-refractivity contribution in [3.05, 3.63) is 34.4 Å². The number of benzene rings is 1. The highest BCUT2D eigenvalue weighted by Crippen LogP contribution is 2.36. The quantitative estimate of drug-likeness (QED) is 0.581. The first kappa shape index (κ1) is 10.2. The van der Waals surface area contributed by atoms with Crippen molar-refractivity contribution in [1.29, 1.82) is 0 Å². The zero-order valence-corrected chi connectivity index (χ0v) is 6.68. The van der Waals surface area contributed by atoms with E-state index in [1.54, 1.807) is 0 Å². The van der Waals surface area contributed by atoms with Gasteiger partial charge in [0.1, 0.15) is 17.2 Å². The van der Waals surface area contributed by atoms with Crippen molar-refractivity contribution >= 4 is 11.6 Å². The fraction of sp³-hybridized carbons (Fsp3) is 0.143. The van der Waals surface area contributed by atoms with E-state index in [2.05, 4.69) is 0 Å². The van der Waals surface area contributed by atoms with Gasteiger partial charge in [0.05, 0.1) is 5.02 Å². The molecule has 0 radical (unpaired) electrons. The molecule has 0 heterocycles. The van der Waals surface area contributed by atoms with Gasteiger partial charge in [0, 0.05) is 6.07 Å². The average Bonchev–Trinajstić information content (AvgIpc) is 1.78. The summed E-state index contributed by atoms with van der Waals surface area (Å²) in [6.07, 6.45) is -4.91. The monoisotopic (exact) mass is 216 g/mol. The molecular weight excluding hydrogens is 215 g/mol. The van der Waals surface area contributed by atoms with E-state index in [0.29, 0.717) is 6.07 Å². The standard InChI is InChI=1S/C7H2ClF5/c8-4-1-3(9)2-5(10)6(4)7(11,12)13/h1-2H. The second kappa shape index (κ2) is 3.14. The van der Waals surface area contributed by atoms with Gasteiger partial charge in [0.15, 0.2) is 0 Å². The predicted molar refractivity (Wildman–Crippen MR) is 36.4 cm³/mol. The molecule has 0 bridgehead atoms. The van der Waals surface area contributed by atoms with Crippen LogP contribution in [0.3, 0.4) is 0 Å². The van der Waals surface area contributed by atoms with Crippen LogP contribution in [0.1, 0.15) is 5.56 Å². The summed E-state index contributed by atoms with van der Waals surface area (Å²) in [5.74, 6) is -2.85. The third-order valence-electron chi connectivity index (χ3n) is 1.29. The summed E-state index contributed by atoms with van der Waals surface area (Å²) in [6, 6.07) is 0.544. The first-order valence-electron chi connectivity index (χ1n) is 3.04. The van der Waals surface area contributed by atoms with Gasteiger partial charge in [0.2, 0.25) is 0 Å². The molecule has 1 aromatic rings. The van der Waals surface area contributed by atoms with Gasteiger partial charge in [-0.15, -0.1) is 0 Å². The first-order valence-corrected chi connectivity index (χ1v) is 3.42. The van der Waals surface area contributed by atoms with Crippen LogP contribution >= 0.6 is 11.6 Å². The molecule has 0 aliphatic carbocycles. The zero-order valence-electron chi connectivity index (χ0n) is 5.92. The Bertz CT molecular complexity index is 307. The van der Waals surface area contributed by atoms with Crippen molar-refractivity contribution in [3.8, 4) is 0 Å². The summed E-state index contributed by atoms with van der Waals surface area (Å²) in [4.78, 5) is 0. The van der Waals surface area contributed by atoms with Crippen LogP contribution in [0.15, 0.2) is 12.1 Å². The third-order valence-corrected chi connectivity index (χ3v) is 1.59. The fourth-order valence-electron chi connectivity index (χ4n) is 0.813. The Morgan fingerprint density at radius 1 is 1.08 bits per heavy atom. The number of rotatable bonds is 0. The SMILES string of the molecule is Fc1cc(F)c(C(F)(F)F)c(Cl)c1. The maximum Gasteiger partial charge on any atom is 0.420 e. The molecule has 0 saturated carbocycles. The van der Waals surface area contributed by atoms with Crippen LogP contribution in [0.2, 0.25) is 5.02 Å². The minimum Gasteiger partial charge on any atom is -0.207 e. The summed E-state index contributed by atoms with van der Waals surface area (Å²) < 4.78 is 60.9. The minimum atomic E-state index is -4.91. The van der Waals surface area contributed by atoms with Crippen molar-refractivity contribution in [2.45, 2.75) is 6.18 Å². The molecule has 72 valence electrons. The second-order valence-corrected chi connectivity index (χ2v) is 2.65. The molecule has 0 saturated heterocycles. The molecule has 0 spiro atoms. The van der Waals surface area contributed by atoms with E-state index in [9.17, 15) is 22.0 Å². The topological polar surface area (TPSA) is 0 Å². The lowest BCUT2D eigenvalue weighted by atomic mass is 10.2. The van der Waals surface area contributed by atoms with E-state index in [1.807, 2.05) is 0 Å². The van der Waals surface area contributed by atoms with Gasteiger partial charge < -0.3 is 0 Å². The Kier molecular flexibility index (Phi) is 2.47. The minimum absolute atomic E-state index is 0.134. The zero-order chi connectivity index (χ0) is 10.2. The van der Waals surface area contributed by atoms with E-state index >= 15 is 0 Å². The second-order valence-electron chi connectivity index (χ2n) is 2.24. The molecular formula is C7H2ClF5. The Morgan fingerprint density at radius 3 is 2.00 bits per heavy atom. The van der Waals surface area contributed by atoms with E-state index < -0.39 is 28.4 Å². The van der Waals surface area contributed by atoms with Gasteiger partial charge in [-0.1, -0.05) is 11.6 Å². The van der Waals surface area contributed by atoms with E-state index in [0.717, 1.165) is 0 Å². The van der Waals surface area contributed by atoms with Gasteiger partial charge in [0.25, 0.3) is 0 Å². The lowest BCUT2D eigenvalue weighted by Gasteiger charge is -2.09. The number of alkyl halides is 3. The van der Waals surface area contributed by atoms with E-state index in [1.165, 1.54) is 0 Å². The van der Waals surface area contributed by atoms with Crippen LogP contribution in [-0.4, -0.2) is 0 Å². The van der Waals surface area contributed by atoms with Crippen LogP contribution in [0.5, 0.6) is 0 Å². The Hall–Kier alpha value is -0.840.